The summed E-state index contributed by atoms with van der Waals surface area (Å²) >= 11 is 0. The van der Waals surface area contributed by atoms with Crippen molar-refractivity contribution in [2.24, 2.45) is 0 Å². The Bertz CT molecular complexity index is 482. The Kier molecular flexibility index (Phi) is 7.39. The molecule has 2 aromatic rings. The lowest BCUT2D eigenvalue weighted by atomic mass is 10.3. The van der Waals surface area contributed by atoms with Gasteiger partial charge in [-0.15, -0.1) is 0 Å². The van der Waals surface area contributed by atoms with E-state index in [0.717, 1.165) is 0 Å². The zero-order valence-corrected chi connectivity index (χ0v) is 12.9. The van der Waals surface area contributed by atoms with Gasteiger partial charge in [0, 0.05) is 0 Å². The third kappa shape index (κ3) is 7.15. The fourth-order valence-electron chi connectivity index (χ4n) is 1.85. The molecule has 0 amide bonds. The Morgan fingerprint density at radius 1 is 0.609 bits per heavy atom. The van der Waals surface area contributed by atoms with Gasteiger partial charge in [0.2, 0.25) is 0 Å². The largest absolute Gasteiger partial charge is 0.491 e. The molecule has 23 heavy (non-hydrogen) atoms. The normalized spacial score (nSPS) is 13.3. The molecular formula is C18H22O5. The summed E-state index contributed by atoms with van der Waals surface area (Å²) in [4.78, 5) is 0. The Morgan fingerprint density at radius 2 is 1.00 bits per heavy atom. The molecule has 0 aliphatic rings. The minimum atomic E-state index is -0.752. The zero-order chi connectivity index (χ0) is 16.3. The van der Waals surface area contributed by atoms with Crippen molar-refractivity contribution in [3.63, 3.8) is 0 Å². The number of hydrogen-bond donors (Lipinski definition) is 2. The van der Waals surface area contributed by atoms with Crippen LogP contribution in [0.25, 0.3) is 0 Å². The topological polar surface area (TPSA) is 68.2 Å². The molecular weight excluding hydrogens is 296 g/mol. The van der Waals surface area contributed by atoms with Crippen molar-refractivity contribution in [1.29, 1.82) is 0 Å². The summed E-state index contributed by atoms with van der Waals surface area (Å²) in [5, 5.41) is 19.5. The van der Waals surface area contributed by atoms with Crippen molar-refractivity contribution in [2.75, 3.05) is 26.4 Å². The second-order valence-corrected chi connectivity index (χ2v) is 5.09. The van der Waals surface area contributed by atoms with Gasteiger partial charge in [-0.2, -0.15) is 0 Å². The predicted molar refractivity (Wildman–Crippen MR) is 86.7 cm³/mol. The standard InChI is InChI=1S/C18H22O5/c19-15(13-22-17-7-3-1-4-8-17)11-21-12-16(20)14-23-18-9-5-2-6-10-18/h1-10,15-16,19-20H,11-14H2. The van der Waals surface area contributed by atoms with Gasteiger partial charge in [0.25, 0.3) is 0 Å². The first-order valence-corrected chi connectivity index (χ1v) is 7.53. The molecule has 124 valence electrons. The minimum Gasteiger partial charge on any atom is -0.491 e. The fourth-order valence-corrected chi connectivity index (χ4v) is 1.85. The van der Waals surface area contributed by atoms with Crippen molar-refractivity contribution in [3.05, 3.63) is 60.7 Å². The van der Waals surface area contributed by atoms with Crippen molar-refractivity contribution in [2.45, 2.75) is 12.2 Å². The van der Waals surface area contributed by atoms with Gasteiger partial charge in [-0.1, -0.05) is 36.4 Å². The van der Waals surface area contributed by atoms with Gasteiger partial charge in [0.15, 0.2) is 0 Å². The molecule has 0 heterocycles. The number of rotatable bonds is 10. The van der Waals surface area contributed by atoms with E-state index in [1.807, 2.05) is 60.7 Å². The van der Waals surface area contributed by atoms with Crippen molar-refractivity contribution < 1.29 is 24.4 Å². The number of benzene rings is 2. The molecule has 0 aliphatic heterocycles. The highest BCUT2D eigenvalue weighted by atomic mass is 16.5. The number of para-hydroxylation sites is 2. The van der Waals surface area contributed by atoms with Crippen LogP contribution in [0.1, 0.15) is 0 Å². The zero-order valence-electron chi connectivity index (χ0n) is 12.9. The Balaban J connectivity index is 1.55. The lowest BCUT2D eigenvalue weighted by Crippen LogP contribution is -2.28. The number of aliphatic hydroxyl groups is 2. The van der Waals surface area contributed by atoms with Crippen LogP contribution in [0, 0.1) is 0 Å². The summed E-state index contributed by atoms with van der Waals surface area (Å²) in [5.74, 6) is 1.39. The van der Waals surface area contributed by atoms with Crippen LogP contribution in [0.2, 0.25) is 0 Å². The van der Waals surface area contributed by atoms with E-state index < -0.39 is 12.2 Å². The van der Waals surface area contributed by atoms with Gasteiger partial charge in [0.1, 0.15) is 36.9 Å². The summed E-state index contributed by atoms with van der Waals surface area (Å²) in [7, 11) is 0. The second kappa shape index (κ2) is 9.84. The second-order valence-electron chi connectivity index (χ2n) is 5.09. The van der Waals surface area contributed by atoms with Crippen LogP contribution >= 0.6 is 0 Å². The maximum Gasteiger partial charge on any atom is 0.119 e. The van der Waals surface area contributed by atoms with Crippen molar-refractivity contribution in [1.82, 2.24) is 0 Å². The highest BCUT2D eigenvalue weighted by molar-refractivity contribution is 5.21. The van der Waals surface area contributed by atoms with Gasteiger partial charge in [0.05, 0.1) is 13.2 Å². The maximum atomic E-state index is 9.77. The lowest BCUT2D eigenvalue weighted by molar-refractivity contribution is -0.0308. The first-order valence-electron chi connectivity index (χ1n) is 7.53. The van der Waals surface area contributed by atoms with Gasteiger partial charge in [-0.25, -0.2) is 0 Å². The van der Waals surface area contributed by atoms with Crippen LogP contribution < -0.4 is 9.47 Å². The average Bonchev–Trinajstić information content (AvgIpc) is 2.60. The van der Waals surface area contributed by atoms with Gasteiger partial charge >= 0.3 is 0 Å². The van der Waals surface area contributed by atoms with Crippen LogP contribution in [0.3, 0.4) is 0 Å². The van der Waals surface area contributed by atoms with E-state index in [9.17, 15) is 10.2 Å². The van der Waals surface area contributed by atoms with Gasteiger partial charge < -0.3 is 24.4 Å². The van der Waals surface area contributed by atoms with Crippen molar-refractivity contribution in [3.8, 4) is 11.5 Å². The molecule has 0 saturated carbocycles. The molecule has 2 atom stereocenters. The third-order valence-corrected chi connectivity index (χ3v) is 2.99. The summed E-state index contributed by atoms with van der Waals surface area (Å²) in [5.41, 5.74) is 0. The van der Waals surface area contributed by atoms with E-state index in [4.69, 9.17) is 14.2 Å². The molecule has 2 N–H and O–H groups in total. The highest BCUT2D eigenvalue weighted by Crippen LogP contribution is 2.09. The molecule has 5 nitrogen and oxygen atoms in total. The molecule has 0 bridgehead atoms. The molecule has 2 unspecified atom stereocenters. The van der Waals surface area contributed by atoms with Crippen LogP contribution in [-0.4, -0.2) is 48.8 Å². The van der Waals surface area contributed by atoms with E-state index in [1.54, 1.807) is 0 Å². The van der Waals surface area contributed by atoms with E-state index in [1.165, 1.54) is 0 Å². The van der Waals surface area contributed by atoms with E-state index >= 15 is 0 Å². The molecule has 0 aromatic heterocycles. The average molecular weight is 318 g/mol. The third-order valence-electron chi connectivity index (χ3n) is 2.99. The Labute approximate surface area is 136 Å². The molecule has 0 saturated heterocycles. The van der Waals surface area contributed by atoms with E-state index in [-0.39, 0.29) is 26.4 Å². The number of ether oxygens (including phenoxy) is 3. The molecule has 0 fully saturated rings. The first-order chi connectivity index (χ1) is 11.2. The lowest BCUT2D eigenvalue weighted by Gasteiger charge is -2.15. The maximum absolute atomic E-state index is 9.77. The molecule has 5 heteroatoms. The number of hydrogen-bond acceptors (Lipinski definition) is 5. The molecule has 2 rings (SSSR count). The molecule has 0 aliphatic carbocycles. The van der Waals surface area contributed by atoms with Crippen molar-refractivity contribution >= 4 is 0 Å². The SMILES string of the molecule is OC(COCC(O)COc1ccccc1)COc1ccccc1. The molecule has 0 spiro atoms. The quantitative estimate of drug-likeness (QED) is 0.700. The van der Waals surface area contributed by atoms with Crippen LogP contribution in [0.15, 0.2) is 60.7 Å². The van der Waals surface area contributed by atoms with Crippen LogP contribution in [-0.2, 0) is 4.74 Å². The minimum absolute atomic E-state index is 0.0925. The van der Waals surface area contributed by atoms with Crippen LogP contribution in [0.5, 0.6) is 11.5 Å². The Hall–Kier alpha value is -2.08. The monoisotopic (exact) mass is 318 g/mol. The molecule has 0 radical (unpaired) electrons. The summed E-state index contributed by atoms with van der Waals surface area (Å²) < 4.78 is 16.1. The van der Waals surface area contributed by atoms with E-state index in [0.29, 0.717) is 11.5 Å². The smallest absolute Gasteiger partial charge is 0.119 e. The fraction of sp³-hybridized carbons (Fsp3) is 0.333. The number of aliphatic hydroxyl groups excluding tert-OH is 2. The predicted octanol–water partition coefficient (Wildman–Crippen LogP) is 1.88. The summed E-state index contributed by atoms with van der Waals surface area (Å²) in [6.45, 7) is 0.464. The first kappa shape index (κ1) is 17.3. The van der Waals surface area contributed by atoms with Gasteiger partial charge in [-0.3, -0.25) is 0 Å². The Morgan fingerprint density at radius 3 is 1.39 bits per heavy atom. The summed E-state index contributed by atoms with van der Waals surface area (Å²) in [6.07, 6.45) is -1.50. The highest BCUT2D eigenvalue weighted by Gasteiger charge is 2.09. The van der Waals surface area contributed by atoms with Gasteiger partial charge in [-0.05, 0) is 24.3 Å². The van der Waals surface area contributed by atoms with E-state index in [2.05, 4.69) is 0 Å². The van der Waals surface area contributed by atoms with Crippen LogP contribution in [0.4, 0.5) is 0 Å². The molecule has 2 aromatic carbocycles. The summed E-state index contributed by atoms with van der Waals surface area (Å²) in [6, 6.07) is 18.5.